The number of halogens is 2. The van der Waals surface area contributed by atoms with Crippen LogP contribution in [0.4, 0.5) is 5.82 Å². The highest BCUT2D eigenvalue weighted by atomic mass is 35.5. The third-order valence-corrected chi connectivity index (χ3v) is 1.58. The second-order valence-corrected chi connectivity index (χ2v) is 2.60. The average molecular weight is 253 g/mol. The van der Waals surface area contributed by atoms with Crippen molar-refractivity contribution >= 4 is 36.6 Å². The lowest BCUT2D eigenvalue weighted by atomic mass is 10.3. The number of methoxy groups -OCH3 is 1. The van der Waals surface area contributed by atoms with Crippen LogP contribution in [-0.2, 0) is 9.53 Å². The van der Waals surface area contributed by atoms with Gasteiger partial charge in [-0.15, -0.1) is 24.8 Å². The SMILES string of the molecule is COC(=O)[C@@H](C)Nc1ccccn1.Cl.Cl. The minimum atomic E-state index is -0.375. The molecule has 0 saturated carbocycles. The molecule has 0 fully saturated rings. The van der Waals surface area contributed by atoms with Crippen molar-refractivity contribution in [2.24, 2.45) is 0 Å². The zero-order valence-corrected chi connectivity index (χ0v) is 10.1. The molecule has 0 radical (unpaired) electrons. The molecular weight excluding hydrogens is 239 g/mol. The van der Waals surface area contributed by atoms with E-state index >= 15 is 0 Å². The second-order valence-electron chi connectivity index (χ2n) is 2.60. The van der Waals surface area contributed by atoms with E-state index in [0.29, 0.717) is 5.82 Å². The summed E-state index contributed by atoms with van der Waals surface area (Å²) in [5, 5.41) is 2.91. The van der Waals surface area contributed by atoms with E-state index in [1.165, 1.54) is 7.11 Å². The second kappa shape index (κ2) is 8.32. The molecule has 1 atom stereocenters. The predicted molar refractivity (Wildman–Crippen MR) is 63.8 cm³/mol. The van der Waals surface area contributed by atoms with Crippen LogP contribution in [0.2, 0.25) is 0 Å². The summed E-state index contributed by atoms with van der Waals surface area (Å²) in [7, 11) is 1.36. The molecule has 6 heteroatoms. The van der Waals surface area contributed by atoms with Gasteiger partial charge in [-0.1, -0.05) is 6.07 Å². The zero-order valence-electron chi connectivity index (χ0n) is 8.47. The maximum absolute atomic E-state index is 11.0. The van der Waals surface area contributed by atoms with Crippen molar-refractivity contribution in [3.05, 3.63) is 24.4 Å². The van der Waals surface area contributed by atoms with Crippen LogP contribution in [0.5, 0.6) is 0 Å². The fourth-order valence-electron chi connectivity index (χ4n) is 0.906. The van der Waals surface area contributed by atoms with Crippen LogP contribution in [-0.4, -0.2) is 24.1 Å². The summed E-state index contributed by atoms with van der Waals surface area (Å²) in [6, 6.07) is 5.08. The number of anilines is 1. The van der Waals surface area contributed by atoms with Crippen LogP contribution >= 0.6 is 24.8 Å². The van der Waals surface area contributed by atoms with Gasteiger partial charge in [0.05, 0.1) is 7.11 Å². The Balaban J connectivity index is 0. The van der Waals surface area contributed by atoms with Crippen LogP contribution in [0.15, 0.2) is 24.4 Å². The highest BCUT2D eigenvalue weighted by Crippen LogP contribution is 2.02. The van der Waals surface area contributed by atoms with E-state index in [9.17, 15) is 4.79 Å². The van der Waals surface area contributed by atoms with E-state index in [0.717, 1.165) is 0 Å². The van der Waals surface area contributed by atoms with Crippen LogP contribution in [0, 0.1) is 0 Å². The third kappa shape index (κ3) is 5.44. The molecule has 0 bridgehead atoms. The monoisotopic (exact) mass is 252 g/mol. The number of nitrogens with one attached hydrogen (secondary N) is 1. The van der Waals surface area contributed by atoms with E-state index in [1.807, 2.05) is 12.1 Å². The highest BCUT2D eigenvalue weighted by molar-refractivity contribution is 5.85. The van der Waals surface area contributed by atoms with Gasteiger partial charge >= 0.3 is 5.97 Å². The van der Waals surface area contributed by atoms with Crippen LogP contribution in [0.25, 0.3) is 0 Å². The summed E-state index contributed by atoms with van der Waals surface area (Å²) < 4.78 is 4.55. The first kappa shape index (κ1) is 16.4. The molecule has 0 aliphatic heterocycles. The molecule has 1 aromatic rings. The highest BCUT2D eigenvalue weighted by Gasteiger charge is 2.11. The van der Waals surface area contributed by atoms with Crippen molar-refractivity contribution < 1.29 is 9.53 Å². The van der Waals surface area contributed by atoms with Crippen molar-refractivity contribution in [1.82, 2.24) is 4.98 Å². The molecule has 1 aromatic heterocycles. The standard InChI is InChI=1S/C9H12N2O2.2ClH/c1-7(9(12)13-2)11-8-5-3-4-6-10-8;;/h3-7H,1-2H3,(H,10,11);2*1H/t7-;;/m1../s1. The van der Waals surface area contributed by atoms with Gasteiger partial charge in [0.1, 0.15) is 11.9 Å². The smallest absolute Gasteiger partial charge is 0.328 e. The summed E-state index contributed by atoms with van der Waals surface area (Å²) in [6.07, 6.45) is 1.66. The van der Waals surface area contributed by atoms with Gasteiger partial charge in [-0.2, -0.15) is 0 Å². The van der Waals surface area contributed by atoms with Gasteiger partial charge in [-0.25, -0.2) is 9.78 Å². The number of hydrogen-bond donors (Lipinski definition) is 1. The van der Waals surface area contributed by atoms with Crippen molar-refractivity contribution in [1.29, 1.82) is 0 Å². The van der Waals surface area contributed by atoms with E-state index < -0.39 is 0 Å². The maximum atomic E-state index is 11.0. The van der Waals surface area contributed by atoms with Crippen LogP contribution in [0.1, 0.15) is 6.92 Å². The quantitative estimate of drug-likeness (QED) is 0.836. The van der Waals surface area contributed by atoms with Crippen molar-refractivity contribution in [3.8, 4) is 0 Å². The summed E-state index contributed by atoms with van der Waals surface area (Å²) >= 11 is 0. The number of nitrogens with zero attached hydrogens (tertiary/aromatic N) is 1. The minimum Gasteiger partial charge on any atom is -0.467 e. The van der Waals surface area contributed by atoms with E-state index in [-0.39, 0.29) is 36.8 Å². The first-order valence-corrected chi connectivity index (χ1v) is 3.99. The molecular formula is C9H14Cl2N2O2. The number of carbonyl (C=O) groups is 1. The maximum Gasteiger partial charge on any atom is 0.328 e. The Labute approximate surface area is 101 Å². The summed E-state index contributed by atoms with van der Waals surface area (Å²) in [4.78, 5) is 15.0. The summed E-state index contributed by atoms with van der Waals surface area (Å²) in [6.45, 7) is 1.72. The first-order valence-electron chi connectivity index (χ1n) is 3.99. The summed E-state index contributed by atoms with van der Waals surface area (Å²) in [5.41, 5.74) is 0. The van der Waals surface area contributed by atoms with Gasteiger partial charge in [0.25, 0.3) is 0 Å². The first-order chi connectivity index (χ1) is 6.24. The molecule has 1 heterocycles. The van der Waals surface area contributed by atoms with Crippen LogP contribution < -0.4 is 5.32 Å². The number of aromatic nitrogens is 1. The van der Waals surface area contributed by atoms with Crippen molar-refractivity contribution in [2.75, 3.05) is 12.4 Å². The topological polar surface area (TPSA) is 51.2 Å². The molecule has 0 spiro atoms. The van der Waals surface area contributed by atoms with Gasteiger partial charge in [0.2, 0.25) is 0 Å². The molecule has 4 nitrogen and oxygen atoms in total. The normalized spacial score (nSPS) is 10.3. The number of esters is 1. The molecule has 0 aliphatic rings. The number of ether oxygens (including phenoxy) is 1. The minimum absolute atomic E-state index is 0. The Morgan fingerprint density at radius 1 is 1.47 bits per heavy atom. The molecule has 0 aromatic carbocycles. The number of pyridine rings is 1. The Morgan fingerprint density at radius 2 is 2.13 bits per heavy atom. The zero-order chi connectivity index (χ0) is 9.68. The van der Waals surface area contributed by atoms with Crippen molar-refractivity contribution in [2.45, 2.75) is 13.0 Å². The Hall–Kier alpha value is -1.000. The fourth-order valence-corrected chi connectivity index (χ4v) is 0.906. The fraction of sp³-hybridized carbons (Fsp3) is 0.333. The number of rotatable bonds is 3. The Kier molecular flexibility index (Phi) is 9.11. The molecule has 1 rings (SSSR count). The molecule has 0 saturated heterocycles. The van der Waals surface area contributed by atoms with Gasteiger partial charge in [-0.3, -0.25) is 0 Å². The largest absolute Gasteiger partial charge is 0.467 e. The molecule has 15 heavy (non-hydrogen) atoms. The number of carbonyl (C=O) groups excluding carboxylic acids is 1. The van der Waals surface area contributed by atoms with Crippen molar-refractivity contribution in [3.63, 3.8) is 0 Å². The average Bonchev–Trinajstić information content (AvgIpc) is 2.18. The lowest BCUT2D eigenvalue weighted by molar-refractivity contribution is -0.141. The lowest BCUT2D eigenvalue weighted by Gasteiger charge is -2.11. The van der Waals surface area contributed by atoms with Crippen LogP contribution in [0.3, 0.4) is 0 Å². The molecule has 0 unspecified atom stereocenters. The Bertz CT molecular complexity index is 283. The summed E-state index contributed by atoms with van der Waals surface area (Å²) in [5.74, 6) is 0.367. The van der Waals surface area contributed by atoms with Gasteiger partial charge < -0.3 is 10.1 Å². The predicted octanol–water partition coefficient (Wildman–Crippen LogP) is 1.90. The van der Waals surface area contributed by atoms with E-state index in [4.69, 9.17) is 0 Å². The van der Waals surface area contributed by atoms with Gasteiger partial charge in [0, 0.05) is 6.20 Å². The van der Waals surface area contributed by atoms with E-state index in [2.05, 4.69) is 15.0 Å². The van der Waals surface area contributed by atoms with Gasteiger partial charge in [0.15, 0.2) is 0 Å². The molecule has 1 N–H and O–H groups in total. The molecule has 86 valence electrons. The van der Waals surface area contributed by atoms with E-state index in [1.54, 1.807) is 19.2 Å². The molecule has 0 amide bonds. The molecule has 0 aliphatic carbocycles. The third-order valence-electron chi connectivity index (χ3n) is 1.58. The Morgan fingerprint density at radius 3 is 2.60 bits per heavy atom. The lowest BCUT2D eigenvalue weighted by Crippen LogP contribution is -2.27. The number of hydrogen-bond acceptors (Lipinski definition) is 4. The van der Waals surface area contributed by atoms with Gasteiger partial charge in [-0.05, 0) is 19.1 Å².